The molecule has 6 N–H and O–H groups in total. The summed E-state index contributed by atoms with van der Waals surface area (Å²) in [6.07, 6.45) is 2.29. The Labute approximate surface area is 156 Å². The first-order valence-corrected chi connectivity index (χ1v) is 9.51. The van der Waals surface area contributed by atoms with E-state index in [0.29, 0.717) is 12.2 Å². The van der Waals surface area contributed by atoms with E-state index in [-0.39, 0.29) is 6.42 Å². The van der Waals surface area contributed by atoms with E-state index in [4.69, 9.17) is 10.8 Å². The number of carboxylic acids is 1. The van der Waals surface area contributed by atoms with Crippen molar-refractivity contribution in [3.8, 4) is 0 Å². The van der Waals surface area contributed by atoms with Crippen molar-refractivity contribution in [2.75, 3.05) is 18.6 Å². The van der Waals surface area contributed by atoms with Crippen molar-refractivity contribution in [3.63, 3.8) is 0 Å². The highest BCUT2D eigenvalue weighted by Crippen LogP contribution is 2.06. The minimum absolute atomic E-state index is 0.126. The van der Waals surface area contributed by atoms with Crippen LogP contribution >= 0.6 is 11.8 Å². The van der Waals surface area contributed by atoms with E-state index in [2.05, 4.69) is 10.6 Å². The van der Waals surface area contributed by atoms with Crippen molar-refractivity contribution in [2.45, 2.75) is 31.0 Å². The molecule has 0 aliphatic carbocycles. The smallest absolute Gasteiger partial charge is 0.326 e. The summed E-state index contributed by atoms with van der Waals surface area (Å²) in [5.74, 6) is -1.84. The standard InChI is InChI=1S/C17H25N3O5S/c1-26-8-7-13(19-15(22)12(18)10-21)16(23)20-14(17(24)25)9-11-5-3-2-4-6-11/h2-6,12-14,21H,7-10,18H2,1H3,(H,19,22)(H,20,23)(H,24,25)/t12-,13-,14-/m0/s1. The maximum atomic E-state index is 12.5. The Morgan fingerprint density at radius 3 is 2.27 bits per heavy atom. The largest absolute Gasteiger partial charge is 0.480 e. The Kier molecular flexibility index (Phi) is 9.71. The molecule has 0 spiro atoms. The van der Waals surface area contributed by atoms with Crippen molar-refractivity contribution >= 4 is 29.5 Å². The van der Waals surface area contributed by atoms with Gasteiger partial charge in [-0.1, -0.05) is 30.3 Å². The molecule has 26 heavy (non-hydrogen) atoms. The highest BCUT2D eigenvalue weighted by molar-refractivity contribution is 7.98. The number of nitrogens with two attached hydrogens (primary N) is 1. The van der Waals surface area contributed by atoms with Gasteiger partial charge in [0.1, 0.15) is 18.1 Å². The minimum Gasteiger partial charge on any atom is -0.480 e. The molecule has 0 unspecified atom stereocenters. The molecule has 1 rings (SSSR count). The fourth-order valence-electron chi connectivity index (χ4n) is 2.19. The van der Waals surface area contributed by atoms with Crippen LogP contribution in [0, 0.1) is 0 Å². The number of carbonyl (C=O) groups is 3. The number of nitrogens with one attached hydrogen (secondary N) is 2. The molecule has 0 aromatic heterocycles. The number of rotatable bonds is 11. The first-order valence-electron chi connectivity index (χ1n) is 8.11. The highest BCUT2D eigenvalue weighted by Gasteiger charge is 2.27. The number of benzene rings is 1. The first kappa shape index (κ1) is 21.9. The molecule has 0 aliphatic heterocycles. The quantitative estimate of drug-likeness (QED) is 0.342. The second kappa shape index (κ2) is 11.5. The van der Waals surface area contributed by atoms with Crippen molar-refractivity contribution < 1.29 is 24.6 Å². The molecule has 0 radical (unpaired) electrons. The van der Waals surface area contributed by atoms with Gasteiger partial charge in [-0.2, -0.15) is 11.8 Å². The Hall–Kier alpha value is -2.10. The average molecular weight is 383 g/mol. The normalized spacial score (nSPS) is 14.1. The third-order valence-electron chi connectivity index (χ3n) is 3.67. The van der Waals surface area contributed by atoms with E-state index in [1.165, 1.54) is 11.8 Å². The Morgan fingerprint density at radius 2 is 1.73 bits per heavy atom. The predicted octanol–water partition coefficient (Wildman–Crippen LogP) is -0.644. The summed E-state index contributed by atoms with van der Waals surface area (Å²) >= 11 is 1.49. The number of carbonyl (C=O) groups excluding carboxylic acids is 2. The van der Waals surface area contributed by atoms with Crippen molar-refractivity contribution in [3.05, 3.63) is 35.9 Å². The van der Waals surface area contributed by atoms with Gasteiger partial charge in [0.15, 0.2) is 0 Å². The molecular formula is C17H25N3O5S. The summed E-state index contributed by atoms with van der Waals surface area (Å²) in [6, 6.07) is 5.75. The lowest BCUT2D eigenvalue weighted by Crippen LogP contribution is -2.55. The molecule has 0 saturated carbocycles. The zero-order chi connectivity index (χ0) is 19.5. The zero-order valence-electron chi connectivity index (χ0n) is 14.6. The number of carboxylic acid groups (broad SMARTS) is 1. The van der Waals surface area contributed by atoms with Crippen LogP contribution in [0.4, 0.5) is 0 Å². The van der Waals surface area contributed by atoms with E-state index < -0.39 is 42.5 Å². The summed E-state index contributed by atoms with van der Waals surface area (Å²) in [5.41, 5.74) is 6.22. The molecule has 0 saturated heterocycles. The topological polar surface area (TPSA) is 142 Å². The zero-order valence-corrected chi connectivity index (χ0v) is 15.4. The van der Waals surface area contributed by atoms with Crippen LogP contribution in [0.15, 0.2) is 30.3 Å². The second-order valence-corrected chi connectivity index (χ2v) is 6.71. The monoisotopic (exact) mass is 383 g/mol. The first-order chi connectivity index (χ1) is 12.4. The lowest BCUT2D eigenvalue weighted by Gasteiger charge is -2.22. The Balaban J connectivity index is 2.79. The van der Waals surface area contributed by atoms with Gasteiger partial charge in [-0.15, -0.1) is 0 Å². The molecule has 1 aromatic rings. The van der Waals surface area contributed by atoms with Gasteiger partial charge in [-0.3, -0.25) is 9.59 Å². The van der Waals surface area contributed by atoms with Gasteiger partial charge in [0, 0.05) is 6.42 Å². The van der Waals surface area contributed by atoms with Crippen molar-refractivity contribution in [2.24, 2.45) is 5.73 Å². The number of aliphatic hydroxyl groups excluding tert-OH is 1. The van der Waals surface area contributed by atoms with Crippen molar-refractivity contribution in [1.29, 1.82) is 0 Å². The predicted molar refractivity (Wildman–Crippen MR) is 99.7 cm³/mol. The number of aliphatic carboxylic acids is 1. The summed E-state index contributed by atoms with van der Waals surface area (Å²) in [6.45, 7) is -0.547. The van der Waals surface area contributed by atoms with Crippen LogP contribution in [0.1, 0.15) is 12.0 Å². The van der Waals surface area contributed by atoms with Gasteiger partial charge in [-0.25, -0.2) is 4.79 Å². The summed E-state index contributed by atoms with van der Waals surface area (Å²) in [7, 11) is 0. The molecule has 0 heterocycles. The van der Waals surface area contributed by atoms with Crippen LogP contribution in [0.25, 0.3) is 0 Å². The third kappa shape index (κ3) is 7.42. The number of amides is 2. The molecule has 2 amide bonds. The summed E-state index contributed by atoms with van der Waals surface area (Å²) < 4.78 is 0. The van der Waals surface area contributed by atoms with Gasteiger partial charge < -0.3 is 26.6 Å². The molecule has 1 aromatic carbocycles. The Morgan fingerprint density at radius 1 is 1.12 bits per heavy atom. The molecule has 144 valence electrons. The lowest BCUT2D eigenvalue weighted by molar-refractivity contribution is -0.142. The average Bonchev–Trinajstić information content (AvgIpc) is 2.64. The molecule has 3 atom stereocenters. The fraction of sp³-hybridized carbons (Fsp3) is 0.471. The lowest BCUT2D eigenvalue weighted by atomic mass is 10.1. The van der Waals surface area contributed by atoms with Gasteiger partial charge in [0.2, 0.25) is 11.8 Å². The van der Waals surface area contributed by atoms with Crippen LogP contribution in [0.3, 0.4) is 0 Å². The van der Waals surface area contributed by atoms with Gasteiger partial charge in [0.25, 0.3) is 0 Å². The number of hydrogen-bond acceptors (Lipinski definition) is 6. The van der Waals surface area contributed by atoms with Crippen LogP contribution in [0.2, 0.25) is 0 Å². The van der Waals surface area contributed by atoms with E-state index in [1.807, 2.05) is 12.3 Å². The van der Waals surface area contributed by atoms with E-state index >= 15 is 0 Å². The highest BCUT2D eigenvalue weighted by atomic mass is 32.2. The number of hydrogen-bond donors (Lipinski definition) is 5. The summed E-state index contributed by atoms with van der Waals surface area (Å²) in [4.78, 5) is 35.9. The second-order valence-electron chi connectivity index (χ2n) is 5.72. The number of thioether (sulfide) groups is 1. The molecule has 8 nitrogen and oxygen atoms in total. The van der Waals surface area contributed by atoms with Gasteiger partial charge >= 0.3 is 5.97 Å². The van der Waals surface area contributed by atoms with Crippen LogP contribution in [0.5, 0.6) is 0 Å². The van der Waals surface area contributed by atoms with Gasteiger partial charge in [0.05, 0.1) is 6.61 Å². The maximum absolute atomic E-state index is 12.5. The SMILES string of the molecule is CSCC[C@H](NC(=O)[C@@H](N)CO)C(=O)N[C@@H](Cc1ccccc1)C(=O)O. The molecular weight excluding hydrogens is 358 g/mol. The van der Waals surface area contributed by atoms with Crippen molar-refractivity contribution in [1.82, 2.24) is 10.6 Å². The van der Waals surface area contributed by atoms with Crippen LogP contribution < -0.4 is 16.4 Å². The molecule has 0 fully saturated rings. The van der Waals surface area contributed by atoms with E-state index in [0.717, 1.165) is 5.56 Å². The molecule has 9 heteroatoms. The van der Waals surface area contributed by atoms with E-state index in [9.17, 15) is 19.5 Å². The summed E-state index contributed by atoms with van der Waals surface area (Å²) in [5, 5.41) is 23.3. The molecule has 0 aliphatic rings. The minimum atomic E-state index is -1.16. The molecule has 0 bridgehead atoms. The third-order valence-corrected chi connectivity index (χ3v) is 4.32. The van der Waals surface area contributed by atoms with Gasteiger partial charge in [-0.05, 0) is 24.0 Å². The number of aliphatic hydroxyl groups is 1. The maximum Gasteiger partial charge on any atom is 0.326 e. The fourth-order valence-corrected chi connectivity index (χ4v) is 2.66. The van der Waals surface area contributed by atoms with Crippen LogP contribution in [-0.2, 0) is 20.8 Å². The van der Waals surface area contributed by atoms with Crippen LogP contribution in [-0.4, -0.2) is 64.7 Å². The Bertz CT molecular complexity index is 599. The van der Waals surface area contributed by atoms with E-state index in [1.54, 1.807) is 24.3 Å².